The first kappa shape index (κ1) is 71.4. The summed E-state index contributed by atoms with van der Waals surface area (Å²) in [5.74, 6) is -1.62. The normalized spacial score (nSPS) is 14.4. The van der Waals surface area contributed by atoms with Gasteiger partial charge in [0.25, 0.3) is 0 Å². The van der Waals surface area contributed by atoms with Crippen LogP contribution in [0.4, 0.5) is 0 Å². The third-order valence-electron chi connectivity index (χ3n) is 11.3. The Bertz CT molecular complexity index is 1830. The molecule has 0 aromatic rings. The summed E-state index contributed by atoms with van der Waals surface area (Å²) in [5, 5.41) is 9.79. The first-order chi connectivity index (χ1) is 37.2. The molecule has 3 atom stereocenters. The molecule has 0 amide bonds. The zero-order valence-corrected chi connectivity index (χ0v) is 48.0. The molecule has 0 saturated carbocycles. The molecule has 0 radical (unpaired) electrons. The van der Waals surface area contributed by atoms with Gasteiger partial charge in [-0.15, -0.1) is 0 Å². The molecular formula is C64H101O11P. The summed E-state index contributed by atoms with van der Waals surface area (Å²) in [7, 11) is -4.79. The molecule has 0 bridgehead atoms. The zero-order valence-electron chi connectivity index (χ0n) is 47.2. The maximum atomic E-state index is 12.9. The second-order valence-corrected chi connectivity index (χ2v) is 19.8. The summed E-state index contributed by atoms with van der Waals surface area (Å²) < 4.78 is 39.4. The molecule has 0 saturated heterocycles. The maximum absolute atomic E-state index is 12.9. The molecule has 0 aliphatic carbocycles. The van der Waals surface area contributed by atoms with E-state index in [9.17, 15) is 28.9 Å². The second-order valence-electron chi connectivity index (χ2n) is 18.3. The molecule has 0 heterocycles. The van der Waals surface area contributed by atoms with Gasteiger partial charge in [0.2, 0.25) is 0 Å². The predicted octanol–water partition coefficient (Wildman–Crippen LogP) is 17.1. The molecule has 2 N–H and O–H groups in total. The monoisotopic (exact) mass is 1080 g/mol. The van der Waals surface area contributed by atoms with E-state index in [2.05, 4.69) is 148 Å². The first-order valence-corrected chi connectivity index (χ1v) is 30.2. The molecule has 12 heteroatoms. The number of esters is 3. The fourth-order valence-corrected chi connectivity index (χ4v) is 7.78. The van der Waals surface area contributed by atoms with Crippen LogP contribution in [0.2, 0.25) is 0 Å². The van der Waals surface area contributed by atoms with E-state index in [0.29, 0.717) is 19.3 Å². The van der Waals surface area contributed by atoms with Gasteiger partial charge in [0.05, 0.1) is 19.8 Å². The summed E-state index contributed by atoms with van der Waals surface area (Å²) in [6.07, 6.45) is 72.5. The number of aliphatic hydroxyl groups excluding tert-OH is 1. The highest BCUT2D eigenvalue weighted by atomic mass is 31.2. The highest BCUT2D eigenvalue weighted by molar-refractivity contribution is 7.47. The predicted molar refractivity (Wildman–Crippen MR) is 316 cm³/mol. The zero-order chi connectivity index (χ0) is 55.5. The van der Waals surface area contributed by atoms with Crippen molar-refractivity contribution in [3.8, 4) is 0 Å². The van der Waals surface area contributed by atoms with Crippen LogP contribution in [0.25, 0.3) is 0 Å². The minimum Gasteiger partial charge on any atom is -0.462 e. The maximum Gasteiger partial charge on any atom is 0.472 e. The third-order valence-corrected chi connectivity index (χ3v) is 12.2. The molecule has 11 nitrogen and oxygen atoms in total. The van der Waals surface area contributed by atoms with Crippen molar-refractivity contribution >= 4 is 25.7 Å². The van der Waals surface area contributed by atoms with Crippen LogP contribution in [0.15, 0.2) is 146 Å². The van der Waals surface area contributed by atoms with E-state index in [-0.39, 0.29) is 25.9 Å². The van der Waals surface area contributed by atoms with Crippen molar-refractivity contribution in [1.82, 2.24) is 0 Å². The molecule has 0 rings (SSSR count). The number of hydrogen-bond donors (Lipinski definition) is 2. The Morgan fingerprint density at radius 1 is 0.368 bits per heavy atom. The first-order valence-electron chi connectivity index (χ1n) is 28.7. The van der Waals surface area contributed by atoms with Crippen molar-refractivity contribution in [3.63, 3.8) is 0 Å². The largest absolute Gasteiger partial charge is 0.472 e. The molecule has 0 aliphatic heterocycles. The van der Waals surface area contributed by atoms with Crippen molar-refractivity contribution in [2.75, 3.05) is 26.4 Å². The van der Waals surface area contributed by atoms with Gasteiger partial charge in [-0.2, -0.15) is 0 Å². The Morgan fingerprint density at radius 2 is 0.671 bits per heavy atom. The summed E-state index contributed by atoms with van der Waals surface area (Å²) >= 11 is 0. The lowest BCUT2D eigenvalue weighted by molar-refractivity contribution is -0.161. The van der Waals surface area contributed by atoms with Gasteiger partial charge in [-0.05, 0) is 122 Å². The van der Waals surface area contributed by atoms with E-state index in [0.717, 1.165) is 141 Å². The fourth-order valence-electron chi connectivity index (χ4n) is 7.00. The van der Waals surface area contributed by atoms with Crippen LogP contribution in [0.5, 0.6) is 0 Å². The van der Waals surface area contributed by atoms with Crippen LogP contribution in [-0.2, 0) is 42.2 Å². The number of phosphoric ester groups is 1. The van der Waals surface area contributed by atoms with E-state index in [1.807, 2.05) is 18.2 Å². The molecule has 76 heavy (non-hydrogen) atoms. The molecular weight excluding hydrogens is 976 g/mol. The molecule has 0 fully saturated rings. The van der Waals surface area contributed by atoms with Crippen molar-refractivity contribution in [2.45, 2.75) is 213 Å². The molecule has 428 valence electrons. The lowest BCUT2D eigenvalue weighted by Gasteiger charge is -2.21. The Kier molecular flexibility index (Phi) is 53.1. The average Bonchev–Trinajstić information content (AvgIpc) is 3.41. The fraction of sp³-hybridized carbons (Fsp3) is 0.578. The van der Waals surface area contributed by atoms with E-state index in [1.54, 1.807) is 0 Å². The van der Waals surface area contributed by atoms with Crippen LogP contribution in [0, 0.1) is 0 Å². The van der Waals surface area contributed by atoms with E-state index in [4.69, 9.17) is 23.3 Å². The van der Waals surface area contributed by atoms with Crippen molar-refractivity contribution in [3.05, 3.63) is 146 Å². The molecule has 3 unspecified atom stereocenters. The highest BCUT2D eigenvalue weighted by Gasteiger charge is 2.28. The smallest absolute Gasteiger partial charge is 0.462 e. The van der Waals surface area contributed by atoms with Gasteiger partial charge in [-0.25, -0.2) is 4.57 Å². The number of ether oxygens (including phenoxy) is 3. The number of unbranched alkanes of at least 4 members (excludes halogenated alkanes) is 10. The lowest BCUT2D eigenvalue weighted by Crippen LogP contribution is -2.30. The van der Waals surface area contributed by atoms with Gasteiger partial charge in [-0.3, -0.25) is 23.4 Å². The van der Waals surface area contributed by atoms with Gasteiger partial charge >= 0.3 is 25.7 Å². The number of hydrogen-bond acceptors (Lipinski definition) is 10. The van der Waals surface area contributed by atoms with Gasteiger partial charge < -0.3 is 24.2 Å². The molecule has 0 spiro atoms. The number of carbonyl (C=O) groups excluding carboxylic acids is 3. The summed E-state index contributed by atoms with van der Waals surface area (Å²) in [4.78, 5) is 48.5. The number of aliphatic hydroxyl groups is 1. The third kappa shape index (κ3) is 54.2. The quantitative estimate of drug-likeness (QED) is 0.0197. The number of carbonyl (C=O) groups is 3. The van der Waals surface area contributed by atoms with Crippen LogP contribution in [-0.4, -0.2) is 66.5 Å². The van der Waals surface area contributed by atoms with Gasteiger partial charge in [0, 0.05) is 19.3 Å². The standard InChI is InChI=1S/C64H101O11P/c1-4-7-10-13-16-19-22-25-27-29-30-32-34-37-40-43-46-49-52-55-64(68)75-61(57-71-62(66)53-50-47-44-41-38-36-33-31-28-26-23-20-17-14-11-8-5-2)59-73-76(69,70)72-58-60(56-65)74-63(67)54-51-48-45-42-39-35-24-21-18-15-12-9-6-3/h7-12,16-21,25-28,30,32-33,35-36,39,45,48,60-61,65H,4-6,13-15,22-24,29,31,34,37-38,40-44,46-47,49-59H2,1-3H3,(H,69,70)/b10-7-,11-8-,12-9-,19-16-,20-17-,21-18-,27-25-,28-26-,32-30-,36-33-,39-35-,48-45-. The lowest BCUT2D eigenvalue weighted by atomic mass is 10.1. The molecule has 0 aliphatic rings. The Labute approximate surface area is 461 Å². The number of allylic oxidation sites excluding steroid dienone is 24. The van der Waals surface area contributed by atoms with Crippen molar-refractivity contribution in [1.29, 1.82) is 0 Å². The van der Waals surface area contributed by atoms with E-state index in [1.165, 1.54) is 0 Å². The van der Waals surface area contributed by atoms with Crippen LogP contribution in [0.3, 0.4) is 0 Å². The summed E-state index contributed by atoms with van der Waals surface area (Å²) in [6, 6.07) is 0. The molecule has 0 aromatic carbocycles. The van der Waals surface area contributed by atoms with Crippen LogP contribution >= 0.6 is 7.82 Å². The van der Waals surface area contributed by atoms with Crippen LogP contribution in [0.1, 0.15) is 201 Å². The van der Waals surface area contributed by atoms with Gasteiger partial charge in [0.15, 0.2) is 6.10 Å². The van der Waals surface area contributed by atoms with Gasteiger partial charge in [-0.1, -0.05) is 205 Å². The summed E-state index contributed by atoms with van der Waals surface area (Å²) in [6.45, 7) is 4.15. The Morgan fingerprint density at radius 3 is 1.07 bits per heavy atom. The second kappa shape index (κ2) is 56.6. The topological polar surface area (TPSA) is 155 Å². The van der Waals surface area contributed by atoms with E-state index < -0.39 is 57.8 Å². The van der Waals surface area contributed by atoms with Crippen molar-refractivity contribution in [2.24, 2.45) is 0 Å². The van der Waals surface area contributed by atoms with Crippen molar-refractivity contribution < 1.29 is 52.2 Å². The molecule has 0 aromatic heterocycles. The SMILES string of the molecule is CC/C=C\C/C=C\C/C=C\C/C=C\CCCCCCCCC(=O)OC(COC(=O)CCCCCC/C=C\C/C=C\C/C=C\C/C=C\CC)COP(=O)(O)OCC(CO)OC(=O)CC/C=C\C/C=C\C/C=C\C/C=C\CC. The minimum atomic E-state index is -4.79. The number of phosphoric acid groups is 1. The Balaban J connectivity index is 4.88. The highest BCUT2D eigenvalue weighted by Crippen LogP contribution is 2.43. The van der Waals surface area contributed by atoms with E-state index >= 15 is 0 Å². The number of rotatable bonds is 51. The summed E-state index contributed by atoms with van der Waals surface area (Å²) in [5.41, 5.74) is 0. The van der Waals surface area contributed by atoms with Crippen LogP contribution < -0.4 is 0 Å². The average molecular weight is 1080 g/mol. The van der Waals surface area contributed by atoms with Gasteiger partial charge in [0.1, 0.15) is 12.7 Å². The minimum absolute atomic E-state index is 0.0454. The Hall–Kier alpha value is -4.64.